The van der Waals surface area contributed by atoms with Crippen molar-refractivity contribution in [3.8, 4) is 0 Å². The van der Waals surface area contributed by atoms with Crippen molar-refractivity contribution in [2.75, 3.05) is 19.1 Å². The van der Waals surface area contributed by atoms with Crippen LogP contribution in [0.15, 0.2) is 30.8 Å². The van der Waals surface area contributed by atoms with Crippen LogP contribution < -0.4 is 4.90 Å². The third-order valence-corrected chi connectivity index (χ3v) is 2.49. The van der Waals surface area contributed by atoms with Gasteiger partial charge in [0.1, 0.15) is 0 Å². The zero-order chi connectivity index (χ0) is 13.7. The van der Waals surface area contributed by atoms with Crippen molar-refractivity contribution in [2.24, 2.45) is 0 Å². The number of anilines is 1. The second kappa shape index (κ2) is 5.81. The first-order valence-corrected chi connectivity index (χ1v) is 5.18. The first-order chi connectivity index (χ1) is 8.51. The average molecular weight is 250 g/mol. The normalized spacial score (nSPS) is 11.4. The topological polar surface area (TPSA) is 72.7 Å². The molecular weight excluding hydrogens is 236 g/mol. The highest BCUT2D eigenvalue weighted by Crippen LogP contribution is 2.18. The number of carbonyl (C=O) groups excluding carboxylic acids is 1. The van der Waals surface area contributed by atoms with Gasteiger partial charge in [-0.3, -0.25) is 10.1 Å². The Balaban J connectivity index is 3.08. The summed E-state index contributed by atoms with van der Waals surface area (Å²) >= 11 is 0. The van der Waals surface area contributed by atoms with Gasteiger partial charge >= 0.3 is 12.1 Å². The molecule has 1 rings (SSSR count). The fourth-order valence-electron chi connectivity index (χ4n) is 1.50. The van der Waals surface area contributed by atoms with Gasteiger partial charge in [0.15, 0.2) is 0 Å². The molecule has 0 aliphatic rings. The Morgan fingerprint density at radius 1 is 1.61 bits per heavy atom. The number of rotatable bonds is 5. The average Bonchev–Trinajstić information content (AvgIpc) is 2.38. The molecule has 0 fully saturated rings. The van der Waals surface area contributed by atoms with Crippen molar-refractivity contribution < 1.29 is 14.5 Å². The fourth-order valence-corrected chi connectivity index (χ4v) is 1.50. The van der Waals surface area contributed by atoms with Crippen molar-refractivity contribution >= 4 is 17.7 Å². The van der Waals surface area contributed by atoms with Crippen molar-refractivity contribution in [3.05, 3.63) is 46.5 Å². The monoisotopic (exact) mass is 250 g/mol. The number of methoxy groups -OCH3 is 1. The number of benzene rings is 1. The van der Waals surface area contributed by atoms with Gasteiger partial charge in [-0.05, 0) is 17.7 Å². The highest BCUT2D eigenvalue weighted by atomic mass is 16.6. The summed E-state index contributed by atoms with van der Waals surface area (Å²) in [5.74, 6) is -0.911. The lowest BCUT2D eigenvalue weighted by Gasteiger charge is -2.21. The Labute approximate surface area is 105 Å². The van der Waals surface area contributed by atoms with E-state index in [0.29, 0.717) is 5.69 Å². The van der Waals surface area contributed by atoms with E-state index >= 15 is 0 Å². The molecule has 1 atom stereocenters. The van der Waals surface area contributed by atoms with Gasteiger partial charge in [0.2, 0.25) is 0 Å². The van der Waals surface area contributed by atoms with Crippen LogP contribution in [-0.4, -0.2) is 31.2 Å². The van der Waals surface area contributed by atoms with E-state index in [0.717, 1.165) is 12.7 Å². The van der Waals surface area contributed by atoms with Crippen LogP contribution in [0, 0.1) is 10.1 Å². The van der Waals surface area contributed by atoms with Crippen LogP contribution >= 0.6 is 0 Å². The molecule has 0 aliphatic carbocycles. The zero-order valence-electron chi connectivity index (χ0n) is 10.2. The molecule has 0 aliphatic heterocycles. The van der Waals surface area contributed by atoms with Gasteiger partial charge in [-0.2, -0.15) is 0 Å². The first kappa shape index (κ1) is 13.7. The molecule has 0 N–H and O–H groups in total. The number of nitrogens with zero attached hydrogens (tertiary/aromatic N) is 2. The summed E-state index contributed by atoms with van der Waals surface area (Å²) in [4.78, 5) is 22.9. The van der Waals surface area contributed by atoms with Crippen LogP contribution in [0.5, 0.6) is 0 Å². The fraction of sp³-hybridized carbons (Fsp3) is 0.250. The minimum atomic E-state index is -1.56. The van der Waals surface area contributed by atoms with E-state index in [4.69, 9.17) is 0 Å². The van der Waals surface area contributed by atoms with Crippen LogP contribution in [-0.2, 0) is 9.53 Å². The van der Waals surface area contributed by atoms with Gasteiger partial charge in [-0.15, -0.1) is 0 Å². The Hall–Kier alpha value is -2.37. The predicted octanol–water partition coefficient (Wildman–Crippen LogP) is 1.54. The largest absolute Gasteiger partial charge is 0.462 e. The molecule has 0 spiro atoms. The molecule has 0 radical (unpaired) electrons. The third-order valence-electron chi connectivity index (χ3n) is 2.49. The Morgan fingerprint density at radius 3 is 2.78 bits per heavy atom. The standard InChI is InChI=1S/C12H14N2O4/c1-4-9-6-5-7-10(8-9)13(2)11(14(16)17)12(15)18-3/h4-8,11H,1H2,2-3H3. The molecule has 0 heterocycles. The second-order valence-corrected chi connectivity index (χ2v) is 3.59. The summed E-state index contributed by atoms with van der Waals surface area (Å²) in [6.45, 7) is 3.62. The van der Waals surface area contributed by atoms with Crippen LogP contribution in [0.25, 0.3) is 6.08 Å². The lowest BCUT2D eigenvalue weighted by atomic mass is 10.2. The van der Waals surface area contributed by atoms with Crippen molar-refractivity contribution in [3.63, 3.8) is 0 Å². The molecule has 1 aromatic rings. The van der Waals surface area contributed by atoms with Crippen molar-refractivity contribution in [1.82, 2.24) is 0 Å². The molecule has 6 heteroatoms. The van der Waals surface area contributed by atoms with E-state index in [1.54, 1.807) is 24.3 Å². The highest BCUT2D eigenvalue weighted by molar-refractivity contribution is 5.78. The molecule has 0 amide bonds. The van der Waals surface area contributed by atoms with E-state index in [2.05, 4.69) is 11.3 Å². The maximum Gasteiger partial charge on any atom is 0.404 e. The molecule has 0 saturated carbocycles. The van der Waals surface area contributed by atoms with Crippen molar-refractivity contribution in [1.29, 1.82) is 0 Å². The van der Waals surface area contributed by atoms with Crippen LogP contribution in [0.2, 0.25) is 0 Å². The number of ether oxygens (including phenoxy) is 1. The van der Waals surface area contributed by atoms with E-state index in [9.17, 15) is 14.9 Å². The molecule has 0 bridgehead atoms. The van der Waals surface area contributed by atoms with Gasteiger partial charge in [0.05, 0.1) is 12.0 Å². The molecule has 96 valence electrons. The smallest absolute Gasteiger partial charge is 0.404 e. The third kappa shape index (κ3) is 2.85. The summed E-state index contributed by atoms with van der Waals surface area (Å²) in [7, 11) is 2.58. The van der Waals surface area contributed by atoms with Crippen molar-refractivity contribution in [2.45, 2.75) is 6.17 Å². The summed E-state index contributed by atoms with van der Waals surface area (Å²) in [6.07, 6.45) is 0.0616. The maximum atomic E-state index is 11.4. The van der Waals surface area contributed by atoms with Gasteiger partial charge in [-0.1, -0.05) is 24.8 Å². The quantitative estimate of drug-likeness (QED) is 0.343. The van der Waals surface area contributed by atoms with E-state index in [-0.39, 0.29) is 0 Å². The number of likely N-dealkylation sites (N-methyl/N-ethyl adjacent to an activating group) is 1. The summed E-state index contributed by atoms with van der Waals surface area (Å²) in [6, 6.07) is 6.92. The van der Waals surface area contributed by atoms with Gasteiger partial charge in [0.25, 0.3) is 0 Å². The van der Waals surface area contributed by atoms with Crippen LogP contribution in [0.1, 0.15) is 5.56 Å². The second-order valence-electron chi connectivity index (χ2n) is 3.59. The SMILES string of the molecule is C=Cc1cccc(N(C)C(C(=O)OC)[N+](=O)[O-])c1. The van der Waals surface area contributed by atoms with E-state index in [1.165, 1.54) is 11.9 Å². The maximum absolute atomic E-state index is 11.4. The summed E-state index contributed by atoms with van der Waals surface area (Å²) < 4.78 is 4.43. The molecule has 0 saturated heterocycles. The van der Waals surface area contributed by atoms with Crippen LogP contribution in [0.4, 0.5) is 5.69 Å². The first-order valence-electron chi connectivity index (χ1n) is 5.18. The summed E-state index contributed by atoms with van der Waals surface area (Å²) in [5, 5.41) is 10.9. The Kier molecular flexibility index (Phi) is 4.42. The number of hydrogen-bond acceptors (Lipinski definition) is 5. The van der Waals surface area contributed by atoms with Gasteiger partial charge in [0, 0.05) is 12.7 Å². The molecule has 18 heavy (non-hydrogen) atoms. The lowest BCUT2D eigenvalue weighted by molar-refractivity contribution is -0.509. The van der Waals surface area contributed by atoms with E-state index < -0.39 is 17.1 Å². The Morgan fingerprint density at radius 2 is 2.28 bits per heavy atom. The number of nitro groups is 1. The van der Waals surface area contributed by atoms with Gasteiger partial charge in [-0.25, -0.2) is 4.79 Å². The summed E-state index contributed by atoms with van der Waals surface area (Å²) in [5.41, 5.74) is 1.35. The molecule has 0 aromatic heterocycles. The van der Waals surface area contributed by atoms with Crippen LogP contribution in [0.3, 0.4) is 0 Å². The zero-order valence-corrected chi connectivity index (χ0v) is 10.2. The minimum absolute atomic E-state index is 0.541. The highest BCUT2D eigenvalue weighted by Gasteiger charge is 2.35. The minimum Gasteiger partial charge on any atom is -0.462 e. The molecule has 6 nitrogen and oxygen atoms in total. The predicted molar refractivity (Wildman–Crippen MR) is 67.7 cm³/mol. The van der Waals surface area contributed by atoms with Gasteiger partial charge < -0.3 is 9.64 Å². The molecule has 1 aromatic carbocycles. The Bertz CT molecular complexity index is 473. The molecule has 1 unspecified atom stereocenters. The molecular formula is C12H14N2O4. The number of esters is 1. The number of hydrogen-bond donors (Lipinski definition) is 0. The lowest BCUT2D eigenvalue weighted by Crippen LogP contribution is -2.45. The van der Waals surface area contributed by atoms with E-state index in [1.807, 2.05) is 6.07 Å². The number of carbonyl (C=O) groups is 1.